The zero-order valence-electron chi connectivity index (χ0n) is 11.0. The lowest BCUT2D eigenvalue weighted by molar-refractivity contribution is 0.444. The van der Waals surface area contributed by atoms with Crippen LogP contribution < -0.4 is 0 Å². The van der Waals surface area contributed by atoms with Crippen molar-refractivity contribution in [3.05, 3.63) is 29.3 Å². The molecule has 1 rings (SSSR count). The molecule has 0 unspecified atom stereocenters. The van der Waals surface area contributed by atoms with Gasteiger partial charge in [-0.2, -0.15) is 0 Å². The molecule has 1 nitrogen and oxygen atoms in total. The monoisotopic (exact) mass is 220 g/mol. The maximum atomic E-state index is 9.42. The minimum Gasteiger partial charge on any atom is -0.508 e. The smallest absolute Gasteiger partial charge is 0.115 e. The van der Waals surface area contributed by atoms with E-state index in [1.165, 1.54) is 36.8 Å². The summed E-state index contributed by atoms with van der Waals surface area (Å²) in [5.41, 5.74) is 2.77. The van der Waals surface area contributed by atoms with Gasteiger partial charge in [0.15, 0.2) is 0 Å². The zero-order chi connectivity index (χ0) is 12.2. The Balaban J connectivity index is 2.80. The molecule has 0 aliphatic heterocycles. The van der Waals surface area contributed by atoms with Crippen LogP contribution in [0.15, 0.2) is 18.2 Å². The van der Waals surface area contributed by atoms with E-state index < -0.39 is 0 Å². The van der Waals surface area contributed by atoms with Crippen LogP contribution in [-0.4, -0.2) is 5.11 Å². The van der Waals surface area contributed by atoms with Crippen LogP contribution >= 0.6 is 0 Å². The number of rotatable bonds is 5. The predicted molar refractivity (Wildman–Crippen MR) is 70.0 cm³/mol. The van der Waals surface area contributed by atoms with E-state index in [1.54, 1.807) is 6.07 Å². The van der Waals surface area contributed by atoms with Gasteiger partial charge in [-0.25, -0.2) is 0 Å². The van der Waals surface area contributed by atoms with Crippen molar-refractivity contribution >= 4 is 0 Å². The molecule has 0 saturated carbocycles. The normalized spacial score (nSPS) is 11.8. The number of hydrogen-bond donors (Lipinski definition) is 1. The molecule has 1 N–H and O–H groups in total. The van der Waals surface area contributed by atoms with Gasteiger partial charge in [0.1, 0.15) is 5.75 Å². The molecule has 0 amide bonds. The number of aryl methyl sites for hydroxylation is 1. The van der Waals surface area contributed by atoms with E-state index in [0.29, 0.717) is 5.75 Å². The molecule has 0 radical (unpaired) electrons. The standard InChI is InChI=1S/C15H24O/c1-5-6-7-10-15(3,4)14-9-8-13(16)11-12(14)2/h8-9,11,16H,5-7,10H2,1-4H3. The molecule has 0 aliphatic rings. The van der Waals surface area contributed by atoms with Crippen LogP contribution in [0, 0.1) is 6.92 Å². The van der Waals surface area contributed by atoms with Crippen molar-refractivity contribution in [2.75, 3.05) is 0 Å². The number of phenols is 1. The van der Waals surface area contributed by atoms with Gasteiger partial charge in [0.2, 0.25) is 0 Å². The summed E-state index contributed by atoms with van der Waals surface area (Å²) in [6, 6.07) is 5.72. The van der Waals surface area contributed by atoms with Crippen LogP contribution in [-0.2, 0) is 5.41 Å². The third-order valence-corrected chi connectivity index (χ3v) is 3.34. The van der Waals surface area contributed by atoms with E-state index in [9.17, 15) is 5.11 Å². The first-order chi connectivity index (χ1) is 7.47. The van der Waals surface area contributed by atoms with Gasteiger partial charge in [-0.05, 0) is 42.0 Å². The molecule has 1 aromatic rings. The quantitative estimate of drug-likeness (QED) is 0.721. The van der Waals surface area contributed by atoms with Gasteiger partial charge in [0.25, 0.3) is 0 Å². The fourth-order valence-corrected chi connectivity index (χ4v) is 2.36. The summed E-state index contributed by atoms with van der Waals surface area (Å²) in [7, 11) is 0. The highest BCUT2D eigenvalue weighted by atomic mass is 16.3. The second kappa shape index (κ2) is 5.38. The van der Waals surface area contributed by atoms with Crippen molar-refractivity contribution in [1.82, 2.24) is 0 Å². The molecule has 0 heterocycles. The van der Waals surface area contributed by atoms with Gasteiger partial charge < -0.3 is 5.11 Å². The molecule has 0 aliphatic carbocycles. The average Bonchev–Trinajstić information content (AvgIpc) is 2.17. The van der Waals surface area contributed by atoms with E-state index in [1.807, 2.05) is 6.07 Å². The van der Waals surface area contributed by atoms with E-state index in [4.69, 9.17) is 0 Å². The van der Waals surface area contributed by atoms with E-state index in [2.05, 4.69) is 33.8 Å². The number of phenolic OH excluding ortho intramolecular Hbond substituents is 1. The minimum absolute atomic E-state index is 0.215. The summed E-state index contributed by atoms with van der Waals surface area (Å²) in [6.45, 7) is 8.90. The summed E-state index contributed by atoms with van der Waals surface area (Å²) >= 11 is 0. The van der Waals surface area contributed by atoms with Crippen LogP contribution in [0.4, 0.5) is 0 Å². The first-order valence-corrected chi connectivity index (χ1v) is 6.27. The molecular formula is C15H24O. The summed E-state index contributed by atoms with van der Waals surface area (Å²) in [4.78, 5) is 0. The lowest BCUT2D eigenvalue weighted by Crippen LogP contribution is -2.18. The Morgan fingerprint density at radius 2 is 1.88 bits per heavy atom. The van der Waals surface area contributed by atoms with Gasteiger partial charge in [-0.3, -0.25) is 0 Å². The van der Waals surface area contributed by atoms with Gasteiger partial charge in [-0.1, -0.05) is 46.1 Å². The first-order valence-electron chi connectivity index (χ1n) is 6.27. The zero-order valence-corrected chi connectivity index (χ0v) is 11.0. The Morgan fingerprint density at radius 3 is 2.44 bits per heavy atom. The van der Waals surface area contributed by atoms with Gasteiger partial charge in [-0.15, -0.1) is 0 Å². The molecule has 90 valence electrons. The van der Waals surface area contributed by atoms with Crippen molar-refractivity contribution in [2.45, 2.75) is 58.8 Å². The number of hydrogen-bond acceptors (Lipinski definition) is 1. The largest absolute Gasteiger partial charge is 0.508 e. The lowest BCUT2D eigenvalue weighted by Gasteiger charge is -2.27. The third-order valence-electron chi connectivity index (χ3n) is 3.34. The molecule has 1 aromatic carbocycles. The Hall–Kier alpha value is -0.980. The van der Waals surface area contributed by atoms with Crippen molar-refractivity contribution < 1.29 is 5.11 Å². The van der Waals surface area contributed by atoms with Gasteiger partial charge in [0, 0.05) is 0 Å². The Labute approximate surface area is 99.5 Å². The summed E-state index contributed by atoms with van der Waals surface area (Å²) in [5.74, 6) is 0.366. The van der Waals surface area contributed by atoms with Crippen molar-refractivity contribution in [3.8, 4) is 5.75 Å². The summed E-state index contributed by atoms with van der Waals surface area (Å²) < 4.78 is 0. The van der Waals surface area contributed by atoms with E-state index >= 15 is 0 Å². The van der Waals surface area contributed by atoms with Gasteiger partial charge in [0.05, 0.1) is 0 Å². The van der Waals surface area contributed by atoms with Crippen molar-refractivity contribution in [2.24, 2.45) is 0 Å². The lowest BCUT2D eigenvalue weighted by atomic mass is 9.78. The Bertz CT molecular complexity index is 339. The minimum atomic E-state index is 0.215. The molecule has 1 heteroatoms. The highest BCUT2D eigenvalue weighted by Crippen LogP contribution is 2.32. The van der Waals surface area contributed by atoms with Crippen LogP contribution in [0.1, 0.15) is 57.6 Å². The molecule has 0 bridgehead atoms. The number of aromatic hydroxyl groups is 1. The predicted octanol–water partition coefficient (Wildman–Crippen LogP) is 4.56. The van der Waals surface area contributed by atoms with Crippen molar-refractivity contribution in [3.63, 3.8) is 0 Å². The first kappa shape index (κ1) is 13.1. The molecule has 0 atom stereocenters. The van der Waals surface area contributed by atoms with Crippen LogP contribution in [0.25, 0.3) is 0 Å². The van der Waals surface area contributed by atoms with E-state index in [-0.39, 0.29) is 5.41 Å². The third kappa shape index (κ3) is 3.26. The second-order valence-corrected chi connectivity index (χ2v) is 5.34. The van der Waals surface area contributed by atoms with Crippen LogP contribution in [0.3, 0.4) is 0 Å². The summed E-state index contributed by atoms with van der Waals surface area (Å²) in [6.07, 6.45) is 5.07. The second-order valence-electron chi connectivity index (χ2n) is 5.34. The topological polar surface area (TPSA) is 20.2 Å². The van der Waals surface area contributed by atoms with Crippen LogP contribution in [0.2, 0.25) is 0 Å². The number of unbranched alkanes of at least 4 members (excludes halogenated alkanes) is 2. The molecule has 0 fully saturated rings. The molecular weight excluding hydrogens is 196 g/mol. The maximum Gasteiger partial charge on any atom is 0.115 e. The highest BCUT2D eigenvalue weighted by molar-refractivity contribution is 5.38. The van der Waals surface area contributed by atoms with Crippen molar-refractivity contribution in [1.29, 1.82) is 0 Å². The highest BCUT2D eigenvalue weighted by Gasteiger charge is 2.21. The fraction of sp³-hybridized carbons (Fsp3) is 0.600. The fourth-order valence-electron chi connectivity index (χ4n) is 2.36. The number of benzene rings is 1. The van der Waals surface area contributed by atoms with Gasteiger partial charge >= 0.3 is 0 Å². The Morgan fingerprint density at radius 1 is 1.19 bits per heavy atom. The SMILES string of the molecule is CCCCCC(C)(C)c1ccc(O)cc1C. The maximum absolute atomic E-state index is 9.42. The molecule has 0 spiro atoms. The molecule has 0 saturated heterocycles. The molecule has 16 heavy (non-hydrogen) atoms. The van der Waals surface area contributed by atoms with E-state index in [0.717, 1.165) is 0 Å². The Kier molecular flexibility index (Phi) is 4.40. The average molecular weight is 220 g/mol. The summed E-state index contributed by atoms with van der Waals surface area (Å²) in [5, 5.41) is 9.42. The molecule has 0 aromatic heterocycles. The van der Waals surface area contributed by atoms with Crippen LogP contribution in [0.5, 0.6) is 5.75 Å².